The van der Waals surface area contributed by atoms with Crippen LogP contribution in [0, 0.1) is 0 Å². The number of carbonyl (C=O) groups excluding carboxylic acids is 1. The number of carbonyl (C=O) groups is 1. The molecule has 1 aliphatic heterocycles. The monoisotopic (exact) mass is 437 g/mol. The number of thioether (sulfide) groups is 1. The minimum atomic E-state index is -0.214. The molecule has 2 aromatic heterocycles. The number of ether oxygens (including phenoxy) is 1. The van der Waals surface area contributed by atoms with E-state index in [4.69, 9.17) is 9.72 Å². The van der Waals surface area contributed by atoms with Gasteiger partial charge in [-0.05, 0) is 12.5 Å². The van der Waals surface area contributed by atoms with E-state index in [1.54, 1.807) is 18.0 Å². The summed E-state index contributed by atoms with van der Waals surface area (Å²) in [5, 5.41) is 0.824. The highest BCUT2D eigenvalue weighted by atomic mass is 32.2. The minimum absolute atomic E-state index is 0.171. The molecule has 0 bridgehead atoms. The van der Waals surface area contributed by atoms with Crippen molar-refractivity contribution in [3.63, 3.8) is 0 Å². The van der Waals surface area contributed by atoms with Gasteiger partial charge in [0.15, 0.2) is 24.8 Å². The van der Waals surface area contributed by atoms with E-state index < -0.39 is 0 Å². The molecule has 6 nitrogen and oxygen atoms in total. The molecule has 0 aliphatic carbocycles. The summed E-state index contributed by atoms with van der Waals surface area (Å²) in [6.45, 7) is 2.93. The number of benzene rings is 1. The molecule has 2 atom stereocenters. The van der Waals surface area contributed by atoms with Crippen LogP contribution in [-0.2, 0) is 22.7 Å². The molecule has 0 saturated heterocycles. The predicted octanol–water partition coefficient (Wildman–Crippen LogP) is 3.96. The lowest BCUT2D eigenvalue weighted by atomic mass is 10.2. The topological polar surface area (TPSA) is 68.3 Å². The van der Waals surface area contributed by atoms with Gasteiger partial charge in [-0.1, -0.05) is 42.1 Å². The average molecular weight is 437 g/mol. The molecule has 4 rings (SSSR count). The molecule has 2 unspecified atom stereocenters. The van der Waals surface area contributed by atoms with Crippen LogP contribution in [0.5, 0.6) is 0 Å². The second-order valence-electron chi connectivity index (χ2n) is 7.15. The van der Waals surface area contributed by atoms with Gasteiger partial charge in [-0.15, -0.1) is 9.24 Å². The van der Waals surface area contributed by atoms with Crippen LogP contribution >= 0.6 is 21.0 Å². The van der Waals surface area contributed by atoms with Crippen molar-refractivity contribution in [1.29, 1.82) is 0 Å². The third kappa shape index (κ3) is 5.29. The van der Waals surface area contributed by atoms with Crippen molar-refractivity contribution >= 4 is 39.0 Å². The van der Waals surface area contributed by atoms with Crippen LogP contribution < -0.4 is 4.57 Å². The second kappa shape index (κ2) is 9.02. The number of hydrogen-bond donors (Lipinski definition) is 0. The molecule has 152 valence electrons. The van der Waals surface area contributed by atoms with Crippen LogP contribution in [-0.4, -0.2) is 26.6 Å². The largest absolute Gasteiger partial charge is 0.461 e. The number of fused-ring (bicyclic) bond motifs is 1. The number of aliphatic imine (C=N–C) groups is 1. The normalized spacial score (nSPS) is 17.4. The molecule has 8 heteroatoms. The molecular formula is C22H22N4O2PS+. The quantitative estimate of drug-likeness (QED) is 0.332. The average Bonchev–Trinajstić information content (AvgIpc) is 2.76. The lowest BCUT2D eigenvalue weighted by Gasteiger charge is -2.22. The van der Waals surface area contributed by atoms with Gasteiger partial charge in [-0.3, -0.25) is 4.79 Å². The molecule has 3 aromatic rings. The standard InChI is InChI=1S/C22H22N4O2PS/c1-22(29)15-24-20-21(30-22)25-18(13-23-20)17-7-10-26(11-8-17)12-9-19(27)28-14-16-5-3-2-4-6-16/h2-8,10-11,13,15H,9,12,14,29H2,1H3/q+1. The maximum absolute atomic E-state index is 12.0. The zero-order valence-corrected chi connectivity index (χ0v) is 18.5. The van der Waals surface area contributed by atoms with Gasteiger partial charge in [0, 0.05) is 23.9 Å². The Morgan fingerprint density at radius 2 is 1.97 bits per heavy atom. The zero-order valence-electron chi connectivity index (χ0n) is 16.6. The summed E-state index contributed by atoms with van der Waals surface area (Å²) in [6, 6.07) is 13.6. The SMILES string of the molecule is CC1(P)C=Nc2ncc(-c3cc[n+](CCC(=O)OCc4ccccc4)cc3)nc2S1. The molecule has 0 saturated carbocycles. The first-order valence-corrected chi connectivity index (χ1v) is 11.0. The van der Waals surface area contributed by atoms with E-state index in [0.29, 0.717) is 25.4 Å². The number of nitrogens with zero attached hydrogens (tertiary/aromatic N) is 4. The molecular weight excluding hydrogens is 415 g/mol. The number of hydrogen-bond acceptors (Lipinski definition) is 6. The Morgan fingerprint density at radius 1 is 1.20 bits per heavy atom. The van der Waals surface area contributed by atoms with E-state index in [1.165, 1.54) is 0 Å². The van der Waals surface area contributed by atoms with Gasteiger partial charge in [-0.25, -0.2) is 19.5 Å². The zero-order chi connectivity index (χ0) is 21.0. The summed E-state index contributed by atoms with van der Waals surface area (Å²) in [7, 11) is 2.77. The van der Waals surface area contributed by atoms with Crippen molar-refractivity contribution in [3.8, 4) is 11.3 Å². The van der Waals surface area contributed by atoms with Gasteiger partial charge in [0.05, 0.1) is 16.4 Å². The molecule has 1 aliphatic rings. The lowest BCUT2D eigenvalue weighted by Crippen LogP contribution is -2.34. The highest BCUT2D eigenvalue weighted by molar-refractivity contribution is 8.05. The molecule has 0 spiro atoms. The van der Waals surface area contributed by atoms with Gasteiger partial charge in [-0.2, -0.15) is 0 Å². The fourth-order valence-electron chi connectivity index (χ4n) is 2.89. The Morgan fingerprint density at radius 3 is 2.73 bits per heavy atom. The number of pyridine rings is 1. The smallest absolute Gasteiger partial charge is 0.312 e. The number of esters is 1. The van der Waals surface area contributed by atoms with E-state index in [1.807, 2.05) is 65.6 Å². The molecule has 1 aromatic carbocycles. The Balaban J connectivity index is 1.34. The van der Waals surface area contributed by atoms with Crippen LogP contribution in [0.1, 0.15) is 18.9 Å². The van der Waals surface area contributed by atoms with Gasteiger partial charge >= 0.3 is 5.97 Å². The van der Waals surface area contributed by atoms with E-state index >= 15 is 0 Å². The fourth-order valence-corrected chi connectivity index (χ4v) is 4.17. The number of aryl methyl sites for hydroxylation is 1. The van der Waals surface area contributed by atoms with E-state index in [0.717, 1.165) is 21.8 Å². The Bertz CT molecular complexity index is 1070. The van der Waals surface area contributed by atoms with Crippen molar-refractivity contribution in [3.05, 3.63) is 66.6 Å². The van der Waals surface area contributed by atoms with Crippen LogP contribution in [0.3, 0.4) is 0 Å². The molecule has 0 radical (unpaired) electrons. The van der Waals surface area contributed by atoms with Crippen LogP contribution in [0.25, 0.3) is 11.3 Å². The van der Waals surface area contributed by atoms with Gasteiger partial charge < -0.3 is 4.74 Å². The first-order valence-electron chi connectivity index (χ1n) is 9.58. The lowest BCUT2D eigenvalue weighted by molar-refractivity contribution is -0.695. The first kappa shape index (κ1) is 20.6. The minimum Gasteiger partial charge on any atom is -0.461 e. The number of aromatic nitrogens is 3. The van der Waals surface area contributed by atoms with Crippen LogP contribution in [0.2, 0.25) is 0 Å². The van der Waals surface area contributed by atoms with Crippen molar-refractivity contribution in [2.75, 3.05) is 0 Å². The van der Waals surface area contributed by atoms with Gasteiger partial charge in [0.2, 0.25) is 0 Å². The number of rotatable bonds is 6. The molecule has 0 fully saturated rings. The second-order valence-corrected chi connectivity index (χ2v) is 10.2. The van der Waals surface area contributed by atoms with Crippen molar-refractivity contribution in [2.24, 2.45) is 4.99 Å². The molecule has 0 amide bonds. The highest BCUT2D eigenvalue weighted by Gasteiger charge is 2.25. The van der Waals surface area contributed by atoms with Crippen molar-refractivity contribution < 1.29 is 14.1 Å². The Hall–Kier alpha value is -2.63. The summed E-state index contributed by atoms with van der Waals surface area (Å²) in [5.74, 6) is 0.442. The maximum atomic E-state index is 12.0. The summed E-state index contributed by atoms with van der Waals surface area (Å²) in [6.07, 6.45) is 7.80. The first-order chi connectivity index (χ1) is 14.5. The maximum Gasteiger partial charge on any atom is 0.312 e. The van der Waals surface area contributed by atoms with Gasteiger partial charge in [0.25, 0.3) is 0 Å². The van der Waals surface area contributed by atoms with E-state index in [9.17, 15) is 4.79 Å². The summed E-state index contributed by atoms with van der Waals surface area (Å²) < 4.78 is 7.11. The summed E-state index contributed by atoms with van der Waals surface area (Å²) in [4.78, 5) is 25.5. The third-order valence-corrected chi connectivity index (χ3v) is 6.00. The van der Waals surface area contributed by atoms with Gasteiger partial charge in [0.1, 0.15) is 18.1 Å². The summed E-state index contributed by atoms with van der Waals surface area (Å²) >= 11 is 1.62. The fraction of sp³-hybridized carbons (Fsp3) is 0.227. The Kier molecular flexibility index (Phi) is 6.21. The van der Waals surface area contributed by atoms with E-state index in [2.05, 4.69) is 26.1 Å². The Labute approximate surface area is 182 Å². The summed E-state index contributed by atoms with van der Waals surface area (Å²) in [5.41, 5.74) is 2.75. The third-order valence-electron chi connectivity index (χ3n) is 4.49. The molecule has 0 N–H and O–H groups in total. The van der Waals surface area contributed by atoms with E-state index in [-0.39, 0.29) is 10.5 Å². The van der Waals surface area contributed by atoms with Crippen LogP contribution in [0.15, 0.2) is 71.1 Å². The van der Waals surface area contributed by atoms with Crippen LogP contribution in [0.4, 0.5) is 5.82 Å². The molecule has 3 heterocycles. The highest BCUT2D eigenvalue weighted by Crippen LogP contribution is 2.43. The van der Waals surface area contributed by atoms with Crippen molar-refractivity contribution in [2.45, 2.75) is 36.0 Å². The predicted molar refractivity (Wildman–Crippen MR) is 121 cm³/mol. The molecule has 30 heavy (non-hydrogen) atoms. The van der Waals surface area contributed by atoms with Crippen molar-refractivity contribution in [1.82, 2.24) is 9.97 Å².